The molecule has 0 aliphatic heterocycles. The summed E-state index contributed by atoms with van der Waals surface area (Å²) >= 11 is 3.41. The molecule has 0 saturated heterocycles. The van der Waals surface area contributed by atoms with E-state index in [2.05, 4.69) is 33.5 Å². The number of nitrogens with two attached hydrogens (primary N) is 1. The Labute approximate surface area is 105 Å². The fraction of sp³-hybridized carbons (Fsp3) is 0.385. The molecule has 0 amide bonds. The van der Waals surface area contributed by atoms with E-state index >= 15 is 0 Å². The van der Waals surface area contributed by atoms with Gasteiger partial charge in [-0.15, -0.1) is 6.58 Å². The zero-order valence-corrected chi connectivity index (χ0v) is 10.9. The lowest BCUT2D eigenvalue weighted by Gasteiger charge is -2.20. The molecular weight excluding hydrogens is 264 g/mol. The van der Waals surface area contributed by atoms with Gasteiger partial charge >= 0.3 is 0 Å². The maximum absolute atomic E-state index is 5.88. The molecule has 1 aromatic rings. The number of rotatable bonds is 5. The SMILES string of the molecule is C=CCN(Cc1ccc(Br)c(N)c1)C1CC1. The van der Waals surface area contributed by atoms with Gasteiger partial charge in [0, 0.05) is 29.3 Å². The quantitative estimate of drug-likeness (QED) is 0.663. The van der Waals surface area contributed by atoms with Crippen molar-refractivity contribution in [2.24, 2.45) is 0 Å². The van der Waals surface area contributed by atoms with Crippen LogP contribution in [0.3, 0.4) is 0 Å². The van der Waals surface area contributed by atoms with Crippen molar-refractivity contribution in [2.75, 3.05) is 12.3 Å². The molecule has 0 atom stereocenters. The number of anilines is 1. The van der Waals surface area contributed by atoms with Crippen molar-refractivity contribution in [1.82, 2.24) is 4.90 Å². The fourth-order valence-corrected chi connectivity index (χ4v) is 2.12. The molecule has 1 aromatic carbocycles. The molecule has 1 aliphatic carbocycles. The minimum absolute atomic E-state index is 0.753. The summed E-state index contributed by atoms with van der Waals surface area (Å²) in [5.74, 6) is 0. The molecule has 0 bridgehead atoms. The molecule has 0 spiro atoms. The third-order valence-corrected chi connectivity index (χ3v) is 3.60. The molecule has 86 valence electrons. The van der Waals surface area contributed by atoms with Gasteiger partial charge in [-0.3, -0.25) is 4.90 Å². The van der Waals surface area contributed by atoms with E-state index in [1.807, 2.05) is 18.2 Å². The second-order valence-electron chi connectivity index (χ2n) is 4.31. The number of benzene rings is 1. The molecule has 0 heterocycles. The van der Waals surface area contributed by atoms with Crippen LogP contribution in [0.5, 0.6) is 0 Å². The normalized spacial score (nSPS) is 15.4. The van der Waals surface area contributed by atoms with Crippen LogP contribution in [0.2, 0.25) is 0 Å². The van der Waals surface area contributed by atoms with Crippen LogP contribution in [0.25, 0.3) is 0 Å². The molecule has 0 radical (unpaired) electrons. The van der Waals surface area contributed by atoms with Gasteiger partial charge in [-0.05, 0) is 46.5 Å². The van der Waals surface area contributed by atoms with Gasteiger partial charge in [0.15, 0.2) is 0 Å². The standard InChI is InChI=1S/C13H17BrN2/c1-2-7-16(11-4-5-11)9-10-3-6-12(14)13(15)8-10/h2-3,6,8,11H,1,4-5,7,9,15H2. The average molecular weight is 281 g/mol. The molecule has 0 aromatic heterocycles. The number of hydrogen-bond donors (Lipinski definition) is 1. The Morgan fingerprint density at radius 3 is 2.81 bits per heavy atom. The predicted octanol–water partition coefficient (Wildman–Crippen LogP) is 3.18. The lowest BCUT2D eigenvalue weighted by Crippen LogP contribution is -2.25. The van der Waals surface area contributed by atoms with Gasteiger partial charge in [-0.2, -0.15) is 0 Å². The highest BCUT2D eigenvalue weighted by molar-refractivity contribution is 9.10. The first-order chi connectivity index (χ1) is 7.70. The van der Waals surface area contributed by atoms with Crippen LogP contribution in [-0.2, 0) is 6.54 Å². The summed E-state index contributed by atoms with van der Waals surface area (Å²) in [6.07, 6.45) is 4.61. The highest BCUT2D eigenvalue weighted by Gasteiger charge is 2.27. The van der Waals surface area contributed by atoms with Gasteiger partial charge < -0.3 is 5.73 Å². The van der Waals surface area contributed by atoms with Gasteiger partial charge in [0.1, 0.15) is 0 Å². The summed E-state index contributed by atoms with van der Waals surface area (Å²) in [7, 11) is 0. The van der Waals surface area contributed by atoms with Crippen molar-refractivity contribution in [1.29, 1.82) is 0 Å². The van der Waals surface area contributed by atoms with E-state index in [9.17, 15) is 0 Å². The second kappa shape index (κ2) is 5.02. The van der Waals surface area contributed by atoms with Crippen LogP contribution in [-0.4, -0.2) is 17.5 Å². The smallest absolute Gasteiger partial charge is 0.0461 e. The third-order valence-electron chi connectivity index (χ3n) is 2.87. The van der Waals surface area contributed by atoms with Crippen molar-refractivity contribution < 1.29 is 0 Å². The maximum atomic E-state index is 5.88. The van der Waals surface area contributed by atoms with Gasteiger partial charge in [-0.25, -0.2) is 0 Å². The molecule has 3 heteroatoms. The Hall–Kier alpha value is -0.800. The van der Waals surface area contributed by atoms with Gasteiger partial charge in [0.2, 0.25) is 0 Å². The molecule has 2 N–H and O–H groups in total. The van der Waals surface area contributed by atoms with Crippen LogP contribution in [0.4, 0.5) is 5.69 Å². The van der Waals surface area contributed by atoms with E-state index in [0.717, 1.165) is 29.3 Å². The Morgan fingerprint density at radius 2 is 2.25 bits per heavy atom. The Morgan fingerprint density at radius 1 is 1.50 bits per heavy atom. The highest BCUT2D eigenvalue weighted by atomic mass is 79.9. The Balaban J connectivity index is 2.05. The van der Waals surface area contributed by atoms with Crippen LogP contribution in [0.1, 0.15) is 18.4 Å². The first-order valence-electron chi connectivity index (χ1n) is 5.59. The van der Waals surface area contributed by atoms with Crippen LogP contribution >= 0.6 is 15.9 Å². The zero-order valence-electron chi connectivity index (χ0n) is 9.32. The summed E-state index contributed by atoms with van der Waals surface area (Å²) in [6.45, 7) is 5.74. The zero-order chi connectivity index (χ0) is 11.5. The first-order valence-corrected chi connectivity index (χ1v) is 6.39. The van der Waals surface area contributed by atoms with Crippen molar-refractivity contribution in [2.45, 2.75) is 25.4 Å². The maximum Gasteiger partial charge on any atom is 0.0461 e. The molecular formula is C13H17BrN2. The van der Waals surface area contributed by atoms with E-state index < -0.39 is 0 Å². The Kier molecular flexibility index (Phi) is 3.66. The molecule has 2 nitrogen and oxygen atoms in total. The van der Waals surface area contributed by atoms with Crippen molar-refractivity contribution in [3.63, 3.8) is 0 Å². The molecule has 1 aliphatic rings. The molecule has 1 fully saturated rings. The summed E-state index contributed by atoms with van der Waals surface area (Å²) in [6, 6.07) is 6.94. The summed E-state index contributed by atoms with van der Waals surface area (Å²) in [5, 5.41) is 0. The summed E-state index contributed by atoms with van der Waals surface area (Å²) in [5.41, 5.74) is 7.96. The van der Waals surface area contributed by atoms with Gasteiger partial charge in [0.25, 0.3) is 0 Å². The van der Waals surface area contributed by atoms with Crippen LogP contribution in [0.15, 0.2) is 35.3 Å². The minimum atomic E-state index is 0.753. The van der Waals surface area contributed by atoms with E-state index in [1.54, 1.807) is 0 Å². The largest absolute Gasteiger partial charge is 0.398 e. The number of halogens is 1. The van der Waals surface area contributed by atoms with E-state index in [4.69, 9.17) is 5.73 Å². The number of nitrogen functional groups attached to an aromatic ring is 1. The third kappa shape index (κ3) is 2.86. The molecule has 0 unspecified atom stereocenters. The monoisotopic (exact) mass is 280 g/mol. The van der Waals surface area contributed by atoms with Crippen molar-refractivity contribution >= 4 is 21.6 Å². The van der Waals surface area contributed by atoms with Gasteiger partial charge in [0.05, 0.1) is 0 Å². The Bertz CT molecular complexity index is 386. The van der Waals surface area contributed by atoms with Crippen LogP contribution in [0, 0.1) is 0 Å². The van der Waals surface area contributed by atoms with Crippen LogP contribution < -0.4 is 5.73 Å². The van der Waals surface area contributed by atoms with E-state index in [-0.39, 0.29) is 0 Å². The van der Waals surface area contributed by atoms with E-state index in [1.165, 1.54) is 18.4 Å². The second-order valence-corrected chi connectivity index (χ2v) is 5.16. The van der Waals surface area contributed by atoms with E-state index in [0.29, 0.717) is 0 Å². The number of nitrogens with zero attached hydrogens (tertiary/aromatic N) is 1. The average Bonchev–Trinajstić information content (AvgIpc) is 3.06. The van der Waals surface area contributed by atoms with Crippen molar-refractivity contribution in [3.8, 4) is 0 Å². The number of hydrogen-bond acceptors (Lipinski definition) is 2. The minimum Gasteiger partial charge on any atom is -0.398 e. The lowest BCUT2D eigenvalue weighted by atomic mass is 10.2. The predicted molar refractivity (Wildman–Crippen MR) is 72.2 cm³/mol. The fourth-order valence-electron chi connectivity index (χ4n) is 1.87. The highest BCUT2D eigenvalue weighted by Crippen LogP contribution is 2.29. The molecule has 1 saturated carbocycles. The van der Waals surface area contributed by atoms with Crippen molar-refractivity contribution in [3.05, 3.63) is 40.9 Å². The first kappa shape index (κ1) is 11.7. The molecule has 2 rings (SSSR count). The molecule has 16 heavy (non-hydrogen) atoms. The summed E-state index contributed by atoms with van der Waals surface area (Å²) in [4.78, 5) is 2.45. The van der Waals surface area contributed by atoms with Gasteiger partial charge in [-0.1, -0.05) is 12.1 Å². The topological polar surface area (TPSA) is 29.3 Å². The lowest BCUT2D eigenvalue weighted by molar-refractivity contribution is 0.284. The summed E-state index contributed by atoms with van der Waals surface area (Å²) < 4.78 is 0.970.